The van der Waals surface area contributed by atoms with Gasteiger partial charge in [0.15, 0.2) is 0 Å². The number of halogens is 1. The second-order valence-corrected chi connectivity index (χ2v) is 8.11. The van der Waals surface area contributed by atoms with Crippen LogP contribution in [0, 0.1) is 5.82 Å². The molecule has 0 aliphatic carbocycles. The van der Waals surface area contributed by atoms with E-state index in [1.54, 1.807) is 12.1 Å². The average Bonchev–Trinajstić information content (AvgIpc) is 2.67. The molecule has 1 unspecified atom stereocenters. The topological polar surface area (TPSA) is 84.5 Å². The Morgan fingerprint density at radius 3 is 2.46 bits per heavy atom. The van der Waals surface area contributed by atoms with Gasteiger partial charge in [-0.3, -0.25) is 4.79 Å². The molecule has 0 saturated heterocycles. The third-order valence-corrected chi connectivity index (χ3v) is 5.74. The van der Waals surface area contributed by atoms with E-state index in [-0.39, 0.29) is 10.6 Å². The van der Waals surface area contributed by atoms with Crippen molar-refractivity contribution in [3.63, 3.8) is 0 Å². The minimum absolute atomic E-state index is 0.0100. The molecule has 0 heterocycles. The molecule has 2 rings (SSSR count). The molecule has 0 spiro atoms. The smallest absolute Gasteiger partial charge is 0.245 e. The molecular formula is C20H25FN2O4S. The van der Waals surface area contributed by atoms with Crippen LogP contribution in [0.4, 0.5) is 10.1 Å². The SMILES string of the molecule is CCCCc1ccc(NC(=O)C(C)NS(=O)(=O)c2cc(F)ccc2OC)cc1. The molecule has 0 saturated carbocycles. The predicted molar refractivity (Wildman–Crippen MR) is 106 cm³/mol. The summed E-state index contributed by atoms with van der Waals surface area (Å²) in [6, 6.07) is 9.50. The molecule has 0 aromatic heterocycles. The molecule has 0 radical (unpaired) electrons. The van der Waals surface area contributed by atoms with E-state index < -0.39 is 27.8 Å². The summed E-state index contributed by atoms with van der Waals surface area (Å²) in [5.41, 5.74) is 1.74. The van der Waals surface area contributed by atoms with E-state index in [1.807, 2.05) is 12.1 Å². The Bertz CT molecular complexity index is 914. The van der Waals surface area contributed by atoms with E-state index in [0.717, 1.165) is 31.4 Å². The summed E-state index contributed by atoms with van der Waals surface area (Å²) >= 11 is 0. The highest BCUT2D eigenvalue weighted by Gasteiger charge is 2.25. The van der Waals surface area contributed by atoms with Gasteiger partial charge in [-0.1, -0.05) is 25.5 Å². The molecule has 28 heavy (non-hydrogen) atoms. The number of methoxy groups -OCH3 is 1. The first-order chi connectivity index (χ1) is 13.3. The number of hydrogen-bond donors (Lipinski definition) is 2. The number of ether oxygens (including phenoxy) is 1. The number of hydrogen-bond acceptors (Lipinski definition) is 4. The lowest BCUT2D eigenvalue weighted by Gasteiger charge is -2.16. The summed E-state index contributed by atoms with van der Waals surface area (Å²) in [4.78, 5) is 12.0. The number of carbonyl (C=O) groups excluding carboxylic acids is 1. The van der Waals surface area contributed by atoms with Crippen molar-refractivity contribution in [3.8, 4) is 5.75 Å². The van der Waals surface area contributed by atoms with Gasteiger partial charge in [-0.15, -0.1) is 0 Å². The second-order valence-electron chi connectivity index (χ2n) is 6.43. The van der Waals surface area contributed by atoms with Gasteiger partial charge in [0.1, 0.15) is 16.5 Å². The van der Waals surface area contributed by atoms with Crippen molar-refractivity contribution in [2.24, 2.45) is 0 Å². The van der Waals surface area contributed by atoms with Crippen LogP contribution in [0.5, 0.6) is 5.75 Å². The van der Waals surface area contributed by atoms with Gasteiger partial charge < -0.3 is 10.1 Å². The molecule has 8 heteroatoms. The van der Waals surface area contributed by atoms with Crippen molar-refractivity contribution in [2.75, 3.05) is 12.4 Å². The first kappa shape index (κ1) is 21.8. The minimum Gasteiger partial charge on any atom is -0.495 e. The van der Waals surface area contributed by atoms with Crippen molar-refractivity contribution >= 4 is 21.6 Å². The summed E-state index contributed by atoms with van der Waals surface area (Å²) in [7, 11) is -2.87. The zero-order valence-electron chi connectivity index (χ0n) is 16.2. The fourth-order valence-corrected chi connectivity index (χ4v) is 3.98. The highest BCUT2D eigenvalue weighted by Crippen LogP contribution is 2.24. The van der Waals surface area contributed by atoms with E-state index in [9.17, 15) is 17.6 Å². The number of benzene rings is 2. The Morgan fingerprint density at radius 2 is 1.86 bits per heavy atom. The summed E-state index contributed by atoms with van der Waals surface area (Å²) in [5.74, 6) is -1.26. The van der Waals surface area contributed by atoms with Gasteiger partial charge in [0.05, 0.1) is 13.2 Å². The lowest BCUT2D eigenvalue weighted by atomic mass is 10.1. The van der Waals surface area contributed by atoms with Gasteiger partial charge in [0.25, 0.3) is 0 Å². The van der Waals surface area contributed by atoms with Crippen molar-refractivity contribution in [1.82, 2.24) is 4.72 Å². The maximum Gasteiger partial charge on any atom is 0.245 e. The summed E-state index contributed by atoms with van der Waals surface area (Å²) < 4.78 is 45.8. The van der Waals surface area contributed by atoms with Crippen LogP contribution in [0.15, 0.2) is 47.4 Å². The lowest BCUT2D eigenvalue weighted by molar-refractivity contribution is -0.117. The molecular weight excluding hydrogens is 383 g/mol. The Kier molecular flexibility index (Phi) is 7.53. The molecule has 1 atom stereocenters. The molecule has 6 nitrogen and oxygen atoms in total. The van der Waals surface area contributed by atoms with Gasteiger partial charge in [0, 0.05) is 5.69 Å². The van der Waals surface area contributed by atoms with E-state index in [4.69, 9.17) is 4.74 Å². The fraction of sp³-hybridized carbons (Fsp3) is 0.350. The molecule has 2 aromatic carbocycles. The van der Waals surface area contributed by atoms with Crippen LogP contribution < -0.4 is 14.8 Å². The molecule has 0 fully saturated rings. The van der Waals surface area contributed by atoms with Crippen LogP contribution in [-0.2, 0) is 21.2 Å². The number of sulfonamides is 1. The van der Waals surface area contributed by atoms with Crippen LogP contribution in [-0.4, -0.2) is 27.5 Å². The zero-order valence-corrected chi connectivity index (χ0v) is 17.0. The van der Waals surface area contributed by atoms with Crippen molar-refractivity contribution < 1.29 is 22.3 Å². The van der Waals surface area contributed by atoms with E-state index in [1.165, 1.54) is 25.7 Å². The molecule has 0 aliphatic rings. The highest BCUT2D eigenvalue weighted by atomic mass is 32.2. The largest absolute Gasteiger partial charge is 0.495 e. The van der Waals surface area contributed by atoms with Gasteiger partial charge in [-0.05, 0) is 55.7 Å². The van der Waals surface area contributed by atoms with Crippen LogP contribution >= 0.6 is 0 Å². The third-order valence-electron chi connectivity index (χ3n) is 4.18. The Labute approximate surface area is 165 Å². The first-order valence-electron chi connectivity index (χ1n) is 9.02. The van der Waals surface area contributed by atoms with Crippen molar-refractivity contribution in [2.45, 2.75) is 44.0 Å². The maximum atomic E-state index is 13.5. The second kappa shape index (κ2) is 9.66. The molecule has 152 valence electrons. The molecule has 2 N–H and O–H groups in total. The molecule has 2 aromatic rings. The average molecular weight is 408 g/mol. The van der Waals surface area contributed by atoms with Gasteiger partial charge in [-0.25, -0.2) is 12.8 Å². The number of unbranched alkanes of at least 4 members (excludes halogenated alkanes) is 1. The summed E-state index contributed by atoms with van der Waals surface area (Å²) in [6.07, 6.45) is 3.16. The van der Waals surface area contributed by atoms with Crippen molar-refractivity contribution in [1.29, 1.82) is 0 Å². The number of rotatable bonds is 9. The number of nitrogens with one attached hydrogen (secondary N) is 2. The standard InChI is InChI=1S/C20H25FN2O4S/c1-4-5-6-15-7-10-17(11-8-15)22-20(24)14(2)23-28(25,26)19-13-16(21)9-12-18(19)27-3/h7-14,23H,4-6H2,1-3H3,(H,22,24). The number of carbonyl (C=O) groups is 1. The number of anilines is 1. The fourth-order valence-electron chi connectivity index (χ4n) is 2.60. The monoisotopic (exact) mass is 408 g/mol. The van der Waals surface area contributed by atoms with Gasteiger partial charge in [-0.2, -0.15) is 4.72 Å². The predicted octanol–water partition coefficient (Wildman–Crippen LogP) is 3.48. The molecule has 1 amide bonds. The van der Waals surface area contributed by atoms with Crippen LogP contribution in [0.3, 0.4) is 0 Å². The third kappa shape index (κ3) is 5.77. The van der Waals surface area contributed by atoms with Crippen LogP contribution in [0.2, 0.25) is 0 Å². The van der Waals surface area contributed by atoms with Gasteiger partial charge >= 0.3 is 0 Å². The van der Waals surface area contributed by atoms with Gasteiger partial charge in [0.2, 0.25) is 15.9 Å². The van der Waals surface area contributed by atoms with Crippen LogP contribution in [0.25, 0.3) is 0 Å². The Balaban J connectivity index is 2.06. The maximum absolute atomic E-state index is 13.5. The highest BCUT2D eigenvalue weighted by molar-refractivity contribution is 7.89. The van der Waals surface area contributed by atoms with Crippen molar-refractivity contribution in [3.05, 3.63) is 53.8 Å². The molecule has 0 bridgehead atoms. The molecule has 0 aliphatic heterocycles. The summed E-state index contributed by atoms with van der Waals surface area (Å²) in [5, 5.41) is 2.67. The normalized spacial score (nSPS) is 12.4. The van der Waals surface area contributed by atoms with E-state index in [0.29, 0.717) is 5.69 Å². The van der Waals surface area contributed by atoms with E-state index in [2.05, 4.69) is 17.0 Å². The lowest BCUT2D eigenvalue weighted by Crippen LogP contribution is -2.41. The zero-order chi connectivity index (χ0) is 20.7. The Hall–Kier alpha value is -2.45. The quantitative estimate of drug-likeness (QED) is 0.665. The number of amides is 1. The van der Waals surface area contributed by atoms with E-state index >= 15 is 0 Å². The summed E-state index contributed by atoms with van der Waals surface area (Å²) in [6.45, 7) is 3.53. The first-order valence-corrected chi connectivity index (χ1v) is 10.5. The Morgan fingerprint density at radius 1 is 1.18 bits per heavy atom. The van der Waals surface area contributed by atoms with Crippen LogP contribution in [0.1, 0.15) is 32.3 Å². The minimum atomic E-state index is -4.15. The number of aryl methyl sites for hydroxylation is 1.